The minimum Gasteiger partial charge on any atom is -0.488 e. The zero-order chi connectivity index (χ0) is 10.6. The fourth-order valence-electron chi connectivity index (χ4n) is 0.787. The summed E-state index contributed by atoms with van der Waals surface area (Å²) in [6.45, 7) is 0.808. The van der Waals surface area contributed by atoms with Crippen LogP contribution >= 0.6 is 34.8 Å². The molecule has 0 aliphatic rings. The first-order valence-corrected chi connectivity index (χ1v) is 4.91. The van der Waals surface area contributed by atoms with Crippen LogP contribution in [-0.2, 0) is 4.74 Å². The molecule has 1 aromatic heterocycles. The van der Waals surface area contributed by atoms with Gasteiger partial charge in [-0.25, -0.2) is 4.98 Å². The van der Waals surface area contributed by atoms with Crippen LogP contribution in [0.2, 0.25) is 15.2 Å². The van der Waals surface area contributed by atoms with Gasteiger partial charge >= 0.3 is 0 Å². The number of hydrogen-bond acceptors (Lipinski definition) is 3. The van der Waals surface area contributed by atoms with Gasteiger partial charge in [-0.2, -0.15) is 0 Å². The maximum Gasteiger partial charge on any atom is 0.161 e. The lowest BCUT2D eigenvalue weighted by Gasteiger charge is -2.09. The van der Waals surface area contributed by atoms with Crippen molar-refractivity contribution < 1.29 is 9.47 Å². The zero-order valence-electron chi connectivity index (χ0n) is 7.39. The standard InChI is InChI=1S/C8H8Cl3NO2/c1-13-2-3-14-7-5(9)4-12-8(11)6(7)10/h4H,2-3H2,1H3. The largest absolute Gasteiger partial charge is 0.488 e. The molecular formula is C8H8Cl3NO2. The molecule has 0 aliphatic heterocycles. The van der Waals surface area contributed by atoms with Crippen LogP contribution in [0, 0.1) is 0 Å². The Morgan fingerprint density at radius 2 is 2.00 bits per heavy atom. The third-order valence-electron chi connectivity index (χ3n) is 1.42. The van der Waals surface area contributed by atoms with Crippen molar-refractivity contribution in [2.45, 2.75) is 0 Å². The average Bonchev–Trinajstić information content (AvgIpc) is 2.18. The molecule has 0 radical (unpaired) electrons. The Labute approximate surface area is 96.9 Å². The Hall–Kier alpha value is -0.220. The normalized spacial score (nSPS) is 10.3. The van der Waals surface area contributed by atoms with Gasteiger partial charge in [-0.15, -0.1) is 0 Å². The maximum atomic E-state index is 5.83. The molecule has 0 aliphatic carbocycles. The molecule has 1 rings (SSSR count). The molecule has 0 N–H and O–H groups in total. The van der Waals surface area contributed by atoms with E-state index in [1.54, 1.807) is 7.11 Å². The molecule has 0 spiro atoms. The minimum absolute atomic E-state index is 0.170. The summed E-state index contributed by atoms with van der Waals surface area (Å²) in [4.78, 5) is 3.76. The topological polar surface area (TPSA) is 31.4 Å². The van der Waals surface area contributed by atoms with Crippen LogP contribution in [0.1, 0.15) is 0 Å². The second-order valence-corrected chi connectivity index (χ2v) is 3.52. The first-order valence-electron chi connectivity index (χ1n) is 3.78. The Morgan fingerprint density at radius 3 is 2.64 bits per heavy atom. The Morgan fingerprint density at radius 1 is 1.29 bits per heavy atom. The molecule has 0 atom stereocenters. The number of pyridine rings is 1. The zero-order valence-corrected chi connectivity index (χ0v) is 9.66. The van der Waals surface area contributed by atoms with Gasteiger partial charge in [-0.05, 0) is 0 Å². The lowest BCUT2D eigenvalue weighted by atomic mass is 10.4. The molecule has 6 heteroatoms. The van der Waals surface area contributed by atoms with Crippen molar-refractivity contribution in [3.8, 4) is 5.75 Å². The Balaban J connectivity index is 2.79. The van der Waals surface area contributed by atoms with Crippen LogP contribution in [0.5, 0.6) is 5.75 Å². The molecule has 0 fully saturated rings. The monoisotopic (exact) mass is 255 g/mol. The van der Waals surface area contributed by atoms with Crippen molar-refractivity contribution >= 4 is 34.8 Å². The molecule has 3 nitrogen and oxygen atoms in total. The fraction of sp³-hybridized carbons (Fsp3) is 0.375. The highest BCUT2D eigenvalue weighted by atomic mass is 35.5. The van der Waals surface area contributed by atoms with Gasteiger partial charge in [0.15, 0.2) is 10.9 Å². The van der Waals surface area contributed by atoms with Gasteiger partial charge in [0.2, 0.25) is 0 Å². The quantitative estimate of drug-likeness (QED) is 0.613. The fourth-order valence-corrected chi connectivity index (χ4v) is 1.37. The number of aromatic nitrogens is 1. The molecule has 78 valence electrons. The summed E-state index contributed by atoms with van der Waals surface area (Å²) < 4.78 is 10.1. The van der Waals surface area contributed by atoms with Crippen LogP contribution < -0.4 is 4.74 Å². The number of halogens is 3. The third kappa shape index (κ3) is 2.89. The number of methoxy groups -OCH3 is 1. The van der Waals surface area contributed by atoms with Gasteiger partial charge in [0, 0.05) is 7.11 Å². The molecule has 0 saturated heterocycles. The SMILES string of the molecule is COCCOc1c(Cl)cnc(Cl)c1Cl. The van der Waals surface area contributed by atoms with Gasteiger partial charge in [-0.3, -0.25) is 0 Å². The van der Waals surface area contributed by atoms with Gasteiger partial charge in [0.25, 0.3) is 0 Å². The first kappa shape index (κ1) is 11.9. The van der Waals surface area contributed by atoms with E-state index in [1.807, 2.05) is 0 Å². The number of ether oxygens (including phenoxy) is 2. The molecule has 0 unspecified atom stereocenters. The van der Waals surface area contributed by atoms with Crippen LogP contribution in [-0.4, -0.2) is 25.3 Å². The summed E-state index contributed by atoms with van der Waals surface area (Å²) in [7, 11) is 1.58. The second kappa shape index (κ2) is 5.61. The molecule has 1 aromatic rings. The van der Waals surface area contributed by atoms with Crippen molar-refractivity contribution in [3.63, 3.8) is 0 Å². The average molecular weight is 257 g/mol. The summed E-state index contributed by atoms with van der Waals surface area (Å²) in [5.74, 6) is 0.338. The van der Waals surface area contributed by atoms with E-state index in [1.165, 1.54) is 6.20 Å². The van der Waals surface area contributed by atoms with E-state index in [-0.39, 0.29) is 10.2 Å². The van der Waals surface area contributed by atoms with E-state index >= 15 is 0 Å². The van der Waals surface area contributed by atoms with Crippen molar-refractivity contribution in [1.82, 2.24) is 4.98 Å². The predicted molar refractivity (Wildman–Crippen MR) is 56.6 cm³/mol. The van der Waals surface area contributed by atoms with Crippen molar-refractivity contribution in [2.75, 3.05) is 20.3 Å². The number of nitrogens with zero attached hydrogens (tertiary/aromatic N) is 1. The second-order valence-electron chi connectivity index (χ2n) is 2.38. The highest BCUT2D eigenvalue weighted by Gasteiger charge is 2.11. The first-order chi connectivity index (χ1) is 6.66. The molecule has 0 amide bonds. The molecule has 14 heavy (non-hydrogen) atoms. The third-order valence-corrected chi connectivity index (χ3v) is 2.43. The summed E-state index contributed by atoms with van der Waals surface area (Å²) in [5.41, 5.74) is 0. The Bertz CT molecular complexity index is 320. The lowest BCUT2D eigenvalue weighted by Crippen LogP contribution is -2.05. The molecular weight excluding hydrogens is 248 g/mol. The highest BCUT2D eigenvalue weighted by molar-refractivity contribution is 6.43. The van der Waals surface area contributed by atoms with Crippen molar-refractivity contribution in [1.29, 1.82) is 0 Å². The van der Waals surface area contributed by atoms with E-state index in [0.717, 1.165) is 0 Å². The number of rotatable bonds is 4. The summed E-state index contributed by atoms with van der Waals surface area (Å²) in [5, 5.41) is 0.717. The summed E-state index contributed by atoms with van der Waals surface area (Å²) in [6, 6.07) is 0. The van der Waals surface area contributed by atoms with Crippen LogP contribution in [0.4, 0.5) is 0 Å². The van der Waals surface area contributed by atoms with Crippen LogP contribution in [0.15, 0.2) is 6.20 Å². The van der Waals surface area contributed by atoms with E-state index in [0.29, 0.717) is 24.0 Å². The lowest BCUT2D eigenvalue weighted by molar-refractivity contribution is 0.146. The van der Waals surface area contributed by atoms with Crippen LogP contribution in [0.25, 0.3) is 0 Å². The molecule has 1 heterocycles. The number of hydrogen-bond donors (Lipinski definition) is 0. The predicted octanol–water partition coefficient (Wildman–Crippen LogP) is 3.07. The molecule has 0 saturated carbocycles. The van der Waals surface area contributed by atoms with Gasteiger partial charge in [0.05, 0.1) is 12.8 Å². The van der Waals surface area contributed by atoms with Gasteiger partial charge < -0.3 is 9.47 Å². The van der Waals surface area contributed by atoms with Gasteiger partial charge in [-0.1, -0.05) is 34.8 Å². The van der Waals surface area contributed by atoms with Crippen molar-refractivity contribution in [3.05, 3.63) is 21.4 Å². The van der Waals surface area contributed by atoms with Crippen LogP contribution in [0.3, 0.4) is 0 Å². The highest BCUT2D eigenvalue weighted by Crippen LogP contribution is 2.36. The van der Waals surface area contributed by atoms with Gasteiger partial charge in [0.1, 0.15) is 16.7 Å². The smallest absolute Gasteiger partial charge is 0.161 e. The van der Waals surface area contributed by atoms with E-state index in [2.05, 4.69) is 4.98 Å². The van der Waals surface area contributed by atoms with E-state index in [4.69, 9.17) is 44.3 Å². The Kier molecular flexibility index (Phi) is 4.75. The minimum atomic E-state index is 0.170. The summed E-state index contributed by atoms with van der Waals surface area (Å²) >= 11 is 17.3. The molecule has 0 bridgehead atoms. The van der Waals surface area contributed by atoms with Crippen molar-refractivity contribution in [2.24, 2.45) is 0 Å². The molecule has 0 aromatic carbocycles. The van der Waals surface area contributed by atoms with E-state index in [9.17, 15) is 0 Å². The maximum absolute atomic E-state index is 5.83. The van der Waals surface area contributed by atoms with E-state index < -0.39 is 0 Å². The summed E-state index contributed by atoms with van der Waals surface area (Å²) in [6.07, 6.45) is 1.39.